The van der Waals surface area contributed by atoms with Gasteiger partial charge >= 0.3 is 0 Å². The minimum atomic E-state index is -0.322. The van der Waals surface area contributed by atoms with Crippen molar-refractivity contribution in [1.82, 2.24) is 4.98 Å². The van der Waals surface area contributed by atoms with E-state index in [1.54, 1.807) is 81.0 Å². The van der Waals surface area contributed by atoms with Crippen LogP contribution >= 0.6 is 0 Å². The van der Waals surface area contributed by atoms with Gasteiger partial charge in [-0.3, -0.25) is 14.6 Å². The number of benzene rings is 2. The number of amides is 1. The molecule has 1 amide bonds. The van der Waals surface area contributed by atoms with Gasteiger partial charge < -0.3 is 23.9 Å². The summed E-state index contributed by atoms with van der Waals surface area (Å²) in [5.41, 5.74) is 0.654. The molecule has 0 saturated carbocycles. The minimum absolute atomic E-state index is 0.105. The van der Waals surface area contributed by atoms with Crippen LogP contribution in [-0.4, -0.2) is 24.6 Å². The number of hydrogen-bond acceptors (Lipinski definition) is 7. The van der Waals surface area contributed by atoms with Gasteiger partial charge in [-0.25, -0.2) is 0 Å². The standard InChI is InChI=1S/C24H20N2O6/c1-15-24(32-18-5-3-17(29-2)4-6-18)23(28)20-8-7-19(13-21(20)31-15)30-14-22(27)26-16-9-11-25-12-10-16/h3-13H,14H2,1-2H3,(H,25,26,27). The highest BCUT2D eigenvalue weighted by atomic mass is 16.5. The fraction of sp³-hybridized carbons (Fsp3) is 0.125. The van der Waals surface area contributed by atoms with E-state index in [0.717, 1.165) is 0 Å². The number of pyridine rings is 1. The first-order valence-electron chi connectivity index (χ1n) is 9.75. The van der Waals surface area contributed by atoms with Crippen molar-refractivity contribution >= 4 is 22.6 Å². The quantitative estimate of drug-likeness (QED) is 0.464. The number of carbonyl (C=O) groups is 1. The lowest BCUT2D eigenvalue weighted by Gasteiger charge is -2.11. The first-order valence-corrected chi connectivity index (χ1v) is 9.75. The second kappa shape index (κ2) is 9.22. The third-order valence-electron chi connectivity index (χ3n) is 4.60. The third-order valence-corrected chi connectivity index (χ3v) is 4.60. The van der Waals surface area contributed by atoms with Crippen molar-refractivity contribution in [1.29, 1.82) is 0 Å². The summed E-state index contributed by atoms with van der Waals surface area (Å²) in [6, 6.07) is 15.0. The number of fused-ring (bicyclic) bond motifs is 1. The van der Waals surface area contributed by atoms with Crippen molar-refractivity contribution in [2.24, 2.45) is 0 Å². The SMILES string of the molecule is COc1ccc(Oc2c(C)oc3cc(OCC(=O)Nc4ccncc4)ccc3c2=O)cc1. The Balaban J connectivity index is 1.50. The molecule has 0 fully saturated rings. The van der Waals surface area contributed by atoms with E-state index in [-0.39, 0.29) is 23.7 Å². The normalized spacial score (nSPS) is 10.6. The van der Waals surface area contributed by atoms with Gasteiger partial charge in [-0.2, -0.15) is 0 Å². The van der Waals surface area contributed by atoms with E-state index in [4.69, 9.17) is 18.6 Å². The zero-order valence-corrected chi connectivity index (χ0v) is 17.5. The molecule has 8 heteroatoms. The predicted molar refractivity (Wildman–Crippen MR) is 119 cm³/mol. The number of methoxy groups -OCH3 is 1. The Labute approximate surface area is 183 Å². The topological polar surface area (TPSA) is 99.9 Å². The van der Waals surface area contributed by atoms with Crippen LogP contribution in [0, 0.1) is 6.92 Å². The van der Waals surface area contributed by atoms with Crippen LogP contribution in [0.5, 0.6) is 23.0 Å². The number of aromatic nitrogens is 1. The minimum Gasteiger partial charge on any atom is -0.497 e. The van der Waals surface area contributed by atoms with Crippen molar-refractivity contribution < 1.29 is 23.4 Å². The Morgan fingerprint density at radius 3 is 2.41 bits per heavy atom. The molecule has 1 N–H and O–H groups in total. The van der Waals surface area contributed by atoms with Gasteiger partial charge in [0.05, 0.1) is 12.5 Å². The molecule has 2 aromatic carbocycles. The zero-order valence-electron chi connectivity index (χ0n) is 17.5. The van der Waals surface area contributed by atoms with Crippen LogP contribution in [0.1, 0.15) is 5.76 Å². The summed E-state index contributed by atoms with van der Waals surface area (Å²) in [6.45, 7) is 1.45. The molecule has 0 aliphatic rings. The second-order valence-corrected chi connectivity index (χ2v) is 6.82. The second-order valence-electron chi connectivity index (χ2n) is 6.82. The summed E-state index contributed by atoms with van der Waals surface area (Å²) < 4.78 is 22.2. The van der Waals surface area contributed by atoms with E-state index in [9.17, 15) is 9.59 Å². The van der Waals surface area contributed by atoms with E-state index in [0.29, 0.717) is 39.7 Å². The van der Waals surface area contributed by atoms with Gasteiger partial charge in [-0.05, 0) is 55.5 Å². The van der Waals surface area contributed by atoms with Gasteiger partial charge in [0.15, 0.2) is 6.61 Å². The molecule has 0 radical (unpaired) electrons. The summed E-state index contributed by atoms with van der Waals surface area (Å²) in [7, 11) is 1.57. The maximum atomic E-state index is 12.9. The lowest BCUT2D eigenvalue weighted by Crippen LogP contribution is -2.20. The Morgan fingerprint density at radius 1 is 1.00 bits per heavy atom. The molecule has 32 heavy (non-hydrogen) atoms. The summed E-state index contributed by atoms with van der Waals surface area (Å²) in [4.78, 5) is 28.9. The maximum absolute atomic E-state index is 12.9. The van der Waals surface area contributed by atoms with Gasteiger partial charge in [0.2, 0.25) is 11.2 Å². The van der Waals surface area contributed by atoms with Crippen molar-refractivity contribution in [3.8, 4) is 23.0 Å². The van der Waals surface area contributed by atoms with E-state index < -0.39 is 0 Å². The average Bonchev–Trinajstić information content (AvgIpc) is 2.81. The van der Waals surface area contributed by atoms with Crippen LogP contribution in [0.25, 0.3) is 11.0 Å². The van der Waals surface area contributed by atoms with E-state index in [1.165, 1.54) is 0 Å². The number of anilines is 1. The fourth-order valence-electron chi connectivity index (χ4n) is 3.02. The number of rotatable bonds is 7. The van der Waals surface area contributed by atoms with Crippen LogP contribution in [-0.2, 0) is 4.79 Å². The number of nitrogens with one attached hydrogen (secondary N) is 1. The first kappa shape index (κ1) is 20.9. The number of hydrogen-bond donors (Lipinski definition) is 1. The molecule has 4 rings (SSSR count). The van der Waals surface area contributed by atoms with Crippen molar-refractivity contribution in [2.45, 2.75) is 6.92 Å². The Kier molecular flexibility index (Phi) is 6.03. The van der Waals surface area contributed by atoms with Gasteiger partial charge in [0.25, 0.3) is 5.91 Å². The Morgan fingerprint density at radius 2 is 1.69 bits per heavy atom. The van der Waals surface area contributed by atoms with Crippen LogP contribution in [0.15, 0.2) is 76.2 Å². The molecule has 0 aliphatic heterocycles. The number of nitrogens with zero attached hydrogens (tertiary/aromatic N) is 1. The number of carbonyl (C=O) groups excluding carboxylic acids is 1. The fourth-order valence-corrected chi connectivity index (χ4v) is 3.02. The van der Waals surface area contributed by atoms with Crippen molar-refractivity contribution in [2.75, 3.05) is 19.0 Å². The molecule has 2 aromatic heterocycles. The zero-order chi connectivity index (χ0) is 22.5. The molecule has 0 aliphatic carbocycles. The molecule has 0 saturated heterocycles. The average molecular weight is 432 g/mol. The predicted octanol–water partition coefficient (Wildman–Crippen LogP) is 4.31. The maximum Gasteiger partial charge on any atom is 0.262 e. The third kappa shape index (κ3) is 4.70. The highest BCUT2D eigenvalue weighted by Gasteiger charge is 2.15. The molecule has 8 nitrogen and oxygen atoms in total. The van der Waals surface area contributed by atoms with Crippen molar-refractivity contribution in [3.63, 3.8) is 0 Å². The van der Waals surface area contributed by atoms with Gasteiger partial charge in [0.1, 0.15) is 28.6 Å². The van der Waals surface area contributed by atoms with Crippen LogP contribution < -0.4 is 25.0 Å². The van der Waals surface area contributed by atoms with Crippen LogP contribution in [0.2, 0.25) is 0 Å². The smallest absolute Gasteiger partial charge is 0.262 e. The van der Waals surface area contributed by atoms with E-state index >= 15 is 0 Å². The molecular weight excluding hydrogens is 412 g/mol. The summed E-state index contributed by atoms with van der Waals surface area (Å²) in [5, 5.41) is 3.04. The molecule has 0 spiro atoms. The highest BCUT2D eigenvalue weighted by molar-refractivity contribution is 5.91. The van der Waals surface area contributed by atoms with Gasteiger partial charge in [-0.15, -0.1) is 0 Å². The van der Waals surface area contributed by atoms with E-state index in [1.807, 2.05) is 0 Å². The lowest BCUT2D eigenvalue weighted by molar-refractivity contribution is -0.118. The van der Waals surface area contributed by atoms with E-state index in [2.05, 4.69) is 10.3 Å². The number of ether oxygens (including phenoxy) is 3. The summed E-state index contributed by atoms with van der Waals surface area (Å²) in [6.07, 6.45) is 3.16. The first-order chi connectivity index (χ1) is 15.5. The van der Waals surface area contributed by atoms with Crippen LogP contribution in [0.3, 0.4) is 0 Å². The van der Waals surface area contributed by atoms with Gasteiger partial charge in [0, 0.05) is 24.1 Å². The molecule has 4 aromatic rings. The molecule has 0 unspecified atom stereocenters. The van der Waals surface area contributed by atoms with Crippen molar-refractivity contribution in [3.05, 3.63) is 83.0 Å². The van der Waals surface area contributed by atoms with Crippen LogP contribution in [0.4, 0.5) is 5.69 Å². The largest absolute Gasteiger partial charge is 0.497 e. The highest BCUT2D eigenvalue weighted by Crippen LogP contribution is 2.28. The Bertz CT molecular complexity index is 1300. The molecule has 2 heterocycles. The number of aryl methyl sites for hydroxylation is 1. The molecular formula is C24H20N2O6. The molecule has 0 atom stereocenters. The summed E-state index contributed by atoms with van der Waals surface area (Å²) >= 11 is 0. The lowest BCUT2D eigenvalue weighted by atomic mass is 10.2. The van der Waals surface area contributed by atoms with Gasteiger partial charge in [-0.1, -0.05) is 0 Å². The Hall–Kier alpha value is -4.33. The summed E-state index contributed by atoms with van der Waals surface area (Å²) in [5.74, 6) is 1.67. The molecule has 162 valence electrons. The monoisotopic (exact) mass is 432 g/mol. The molecule has 0 bridgehead atoms.